The van der Waals surface area contributed by atoms with E-state index in [1.54, 1.807) is 0 Å². The van der Waals surface area contributed by atoms with E-state index in [-0.39, 0.29) is 17.8 Å². The molecular weight excluding hydrogens is 236 g/mol. The maximum atomic E-state index is 12.0. The molecule has 1 aliphatic heterocycles. The van der Waals surface area contributed by atoms with E-state index in [2.05, 4.69) is 27.7 Å². The Bertz CT molecular complexity index is 242. The van der Waals surface area contributed by atoms with Gasteiger partial charge in [-0.2, -0.15) is 0 Å². The first-order valence-corrected chi connectivity index (χ1v) is 6.34. The van der Waals surface area contributed by atoms with E-state index in [0.717, 1.165) is 25.9 Å². The van der Waals surface area contributed by atoms with Crippen LogP contribution in [0, 0.1) is 11.3 Å². The molecule has 0 aromatic carbocycles. The Morgan fingerprint density at radius 2 is 1.82 bits per heavy atom. The zero-order chi connectivity index (χ0) is 12.3. The van der Waals surface area contributed by atoms with Gasteiger partial charge in [-0.3, -0.25) is 4.79 Å². The minimum absolute atomic E-state index is 0. The van der Waals surface area contributed by atoms with Gasteiger partial charge in [0.05, 0.1) is 0 Å². The number of amides is 1. The Morgan fingerprint density at radius 3 is 2.24 bits per heavy atom. The average molecular weight is 263 g/mol. The topological polar surface area (TPSA) is 46.3 Å². The number of nitrogens with zero attached hydrogens (tertiary/aromatic N) is 1. The number of nitrogens with two attached hydrogens (primary N) is 1. The maximum absolute atomic E-state index is 12.0. The van der Waals surface area contributed by atoms with Gasteiger partial charge in [0.25, 0.3) is 0 Å². The fourth-order valence-electron chi connectivity index (χ4n) is 1.85. The van der Waals surface area contributed by atoms with Crippen molar-refractivity contribution in [3.63, 3.8) is 0 Å². The molecule has 1 atom stereocenters. The minimum atomic E-state index is 0. The standard InChI is InChI=1S/C13H26N2O.ClH/c1-10(13(2,3)4)9-12(16)15-7-5-11(14)6-8-15;/h10-11H,5-9,14H2,1-4H3;1H. The molecule has 1 saturated heterocycles. The van der Waals surface area contributed by atoms with E-state index in [0.29, 0.717) is 24.3 Å². The number of halogens is 1. The molecule has 0 bridgehead atoms. The zero-order valence-electron chi connectivity index (χ0n) is 11.5. The van der Waals surface area contributed by atoms with Gasteiger partial charge in [0.15, 0.2) is 0 Å². The van der Waals surface area contributed by atoms with Crippen molar-refractivity contribution in [2.24, 2.45) is 17.1 Å². The maximum Gasteiger partial charge on any atom is 0.222 e. The molecule has 1 aliphatic rings. The molecule has 4 heteroatoms. The molecule has 0 aromatic heterocycles. The van der Waals surface area contributed by atoms with E-state index in [9.17, 15) is 4.79 Å². The predicted molar refractivity (Wildman–Crippen MR) is 74.3 cm³/mol. The lowest BCUT2D eigenvalue weighted by molar-refractivity contribution is -0.133. The van der Waals surface area contributed by atoms with Crippen LogP contribution in [-0.2, 0) is 4.79 Å². The largest absolute Gasteiger partial charge is 0.343 e. The molecule has 17 heavy (non-hydrogen) atoms. The van der Waals surface area contributed by atoms with Gasteiger partial charge >= 0.3 is 0 Å². The number of rotatable bonds is 2. The van der Waals surface area contributed by atoms with E-state index in [1.807, 2.05) is 4.90 Å². The second-order valence-corrected chi connectivity index (χ2v) is 6.19. The quantitative estimate of drug-likeness (QED) is 0.831. The number of carbonyl (C=O) groups is 1. The van der Waals surface area contributed by atoms with Gasteiger partial charge in [-0.1, -0.05) is 27.7 Å². The van der Waals surface area contributed by atoms with Gasteiger partial charge in [0.2, 0.25) is 5.91 Å². The Morgan fingerprint density at radius 1 is 1.35 bits per heavy atom. The van der Waals surface area contributed by atoms with Crippen molar-refractivity contribution < 1.29 is 4.79 Å². The van der Waals surface area contributed by atoms with Crippen LogP contribution in [0.1, 0.15) is 47.0 Å². The van der Waals surface area contributed by atoms with Crippen molar-refractivity contribution in [2.75, 3.05) is 13.1 Å². The van der Waals surface area contributed by atoms with Crippen molar-refractivity contribution in [3.05, 3.63) is 0 Å². The third-order valence-corrected chi connectivity index (χ3v) is 3.85. The second kappa shape index (κ2) is 6.60. The normalized spacial score (nSPS) is 19.7. The van der Waals surface area contributed by atoms with Crippen LogP contribution >= 0.6 is 12.4 Å². The summed E-state index contributed by atoms with van der Waals surface area (Å²) in [4.78, 5) is 14.0. The molecule has 1 heterocycles. The fraction of sp³-hybridized carbons (Fsp3) is 0.923. The van der Waals surface area contributed by atoms with Crippen LogP contribution < -0.4 is 5.73 Å². The van der Waals surface area contributed by atoms with Crippen LogP contribution in [0.15, 0.2) is 0 Å². The Hall–Kier alpha value is -0.280. The van der Waals surface area contributed by atoms with Gasteiger partial charge in [0, 0.05) is 25.6 Å². The van der Waals surface area contributed by atoms with Crippen LogP contribution in [0.2, 0.25) is 0 Å². The minimum Gasteiger partial charge on any atom is -0.343 e. The van der Waals surface area contributed by atoms with E-state index in [1.165, 1.54) is 0 Å². The van der Waals surface area contributed by atoms with Crippen molar-refractivity contribution in [1.82, 2.24) is 4.90 Å². The molecule has 1 fully saturated rings. The Balaban J connectivity index is 0.00000256. The Kier molecular flexibility index (Phi) is 6.49. The number of hydrogen-bond acceptors (Lipinski definition) is 2. The monoisotopic (exact) mass is 262 g/mol. The molecule has 0 aliphatic carbocycles. The van der Waals surface area contributed by atoms with Crippen molar-refractivity contribution in [1.29, 1.82) is 0 Å². The third-order valence-electron chi connectivity index (χ3n) is 3.85. The van der Waals surface area contributed by atoms with Crippen molar-refractivity contribution in [2.45, 2.75) is 53.0 Å². The molecule has 1 unspecified atom stereocenters. The van der Waals surface area contributed by atoms with E-state index < -0.39 is 0 Å². The highest BCUT2D eigenvalue weighted by Gasteiger charge is 2.26. The highest BCUT2D eigenvalue weighted by Crippen LogP contribution is 2.28. The molecule has 0 aromatic rings. The van der Waals surface area contributed by atoms with Crippen LogP contribution in [0.5, 0.6) is 0 Å². The molecule has 2 N–H and O–H groups in total. The number of likely N-dealkylation sites (tertiary alicyclic amines) is 1. The van der Waals surface area contributed by atoms with E-state index >= 15 is 0 Å². The van der Waals surface area contributed by atoms with Gasteiger partial charge < -0.3 is 10.6 Å². The third kappa shape index (κ3) is 5.26. The van der Waals surface area contributed by atoms with Gasteiger partial charge in [-0.05, 0) is 24.2 Å². The van der Waals surface area contributed by atoms with Crippen LogP contribution in [-0.4, -0.2) is 29.9 Å². The lowest BCUT2D eigenvalue weighted by Crippen LogP contribution is -2.43. The smallest absolute Gasteiger partial charge is 0.222 e. The summed E-state index contributed by atoms with van der Waals surface area (Å²) in [6, 6.07) is 0.295. The van der Waals surface area contributed by atoms with Crippen molar-refractivity contribution >= 4 is 18.3 Å². The molecule has 1 rings (SSSR count). The van der Waals surface area contributed by atoms with Crippen LogP contribution in [0.4, 0.5) is 0 Å². The summed E-state index contributed by atoms with van der Waals surface area (Å²) in [6.07, 6.45) is 2.57. The molecule has 0 radical (unpaired) electrons. The number of hydrogen-bond donors (Lipinski definition) is 1. The molecule has 0 spiro atoms. The van der Waals surface area contributed by atoms with Crippen LogP contribution in [0.25, 0.3) is 0 Å². The molecule has 0 saturated carbocycles. The van der Waals surface area contributed by atoms with Gasteiger partial charge in [-0.25, -0.2) is 0 Å². The lowest BCUT2D eigenvalue weighted by atomic mass is 9.80. The number of carbonyl (C=O) groups excluding carboxylic acids is 1. The fourth-order valence-corrected chi connectivity index (χ4v) is 1.85. The first kappa shape index (κ1) is 16.7. The van der Waals surface area contributed by atoms with Crippen molar-refractivity contribution in [3.8, 4) is 0 Å². The summed E-state index contributed by atoms with van der Waals surface area (Å²) >= 11 is 0. The zero-order valence-corrected chi connectivity index (χ0v) is 12.3. The van der Waals surface area contributed by atoms with Crippen LogP contribution in [0.3, 0.4) is 0 Å². The molecule has 102 valence electrons. The summed E-state index contributed by atoms with van der Waals surface area (Å²) < 4.78 is 0. The summed E-state index contributed by atoms with van der Waals surface area (Å²) in [5.74, 6) is 0.727. The highest BCUT2D eigenvalue weighted by molar-refractivity contribution is 5.85. The first-order chi connectivity index (χ1) is 7.30. The summed E-state index contributed by atoms with van der Waals surface area (Å²) in [7, 11) is 0. The Labute approximate surface area is 112 Å². The summed E-state index contributed by atoms with van der Waals surface area (Å²) in [5.41, 5.74) is 6.04. The SMILES string of the molecule is CC(CC(=O)N1CCC(N)CC1)C(C)(C)C.Cl. The average Bonchev–Trinajstić information content (AvgIpc) is 2.17. The predicted octanol–water partition coefficient (Wildman–Crippen LogP) is 2.43. The first-order valence-electron chi connectivity index (χ1n) is 6.34. The van der Waals surface area contributed by atoms with Gasteiger partial charge in [-0.15, -0.1) is 12.4 Å². The molecule has 3 nitrogen and oxygen atoms in total. The summed E-state index contributed by atoms with van der Waals surface area (Å²) in [5, 5.41) is 0. The lowest BCUT2D eigenvalue weighted by Gasteiger charge is -2.33. The highest BCUT2D eigenvalue weighted by atomic mass is 35.5. The molecular formula is C13H27ClN2O. The second-order valence-electron chi connectivity index (χ2n) is 6.19. The molecule has 1 amide bonds. The number of piperidine rings is 1. The van der Waals surface area contributed by atoms with Gasteiger partial charge in [0.1, 0.15) is 0 Å². The van der Waals surface area contributed by atoms with E-state index in [4.69, 9.17) is 5.73 Å². The summed E-state index contributed by atoms with van der Waals surface area (Å²) in [6.45, 7) is 10.4.